The highest BCUT2D eigenvalue weighted by Crippen LogP contribution is 2.23. The van der Waals surface area contributed by atoms with E-state index in [9.17, 15) is 0 Å². The predicted octanol–water partition coefficient (Wildman–Crippen LogP) is 1.72. The Kier molecular flexibility index (Phi) is 2.19. The van der Waals surface area contributed by atoms with Crippen LogP contribution in [-0.2, 0) is 6.54 Å². The maximum atomic E-state index is 5.66. The van der Waals surface area contributed by atoms with Gasteiger partial charge in [0.05, 0.1) is 28.7 Å². The van der Waals surface area contributed by atoms with E-state index in [1.807, 2.05) is 25.1 Å². The van der Waals surface area contributed by atoms with Crippen molar-refractivity contribution in [1.29, 1.82) is 0 Å². The molecule has 0 radical (unpaired) electrons. The van der Waals surface area contributed by atoms with Gasteiger partial charge in [-0.2, -0.15) is 0 Å². The smallest absolute Gasteiger partial charge is 0.104 e. The number of nitrogens with one attached hydrogen (secondary N) is 2. The molecule has 0 unspecified atom stereocenters. The van der Waals surface area contributed by atoms with Gasteiger partial charge in [-0.3, -0.25) is 0 Å². The lowest BCUT2D eigenvalue weighted by Crippen LogP contribution is -1.98. The van der Waals surface area contributed by atoms with Crippen LogP contribution in [0.15, 0.2) is 24.5 Å². The van der Waals surface area contributed by atoms with Crippen molar-refractivity contribution in [3.63, 3.8) is 0 Å². The number of nitrogens with two attached hydrogens (primary N) is 1. The Hall–Kier alpha value is -2.14. The summed E-state index contributed by atoms with van der Waals surface area (Å²) in [7, 11) is 0. The highest BCUT2D eigenvalue weighted by molar-refractivity contribution is 5.81. The second-order valence-electron chi connectivity index (χ2n) is 3.99. The minimum absolute atomic E-state index is 0.454. The molecule has 17 heavy (non-hydrogen) atoms. The van der Waals surface area contributed by atoms with Gasteiger partial charge in [0.2, 0.25) is 0 Å². The summed E-state index contributed by atoms with van der Waals surface area (Å²) in [5, 5.41) is 0. The summed E-state index contributed by atoms with van der Waals surface area (Å²) in [5.41, 5.74) is 10.5. The van der Waals surface area contributed by atoms with Crippen molar-refractivity contribution in [2.45, 2.75) is 13.5 Å². The SMILES string of the molecule is Cc1nc2ccc(-c3nc[nH]c3CN)cc2[nH]1. The minimum Gasteiger partial charge on any atom is -0.347 e. The molecule has 3 aromatic rings. The van der Waals surface area contributed by atoms with Crippen LogP contribution < -0.4 is 5.73 Å². The fourth-order valence-corrected chi connectivity index (χ4v) is 2.01. The summed E-state index contributed by atoms with van der Waals surface area (Å²) in [6, 6.07) is 6.05. The van der Waals surface area contributed by atoms with Gasteiger partial charge < -0.3 is 15.7 Å². The first-order valence-corrected chi connectivity index (χ1v) is 5.47. The molecule has 1 aromatic carbocycles. The van der Waals surface area contributed by atoms with Crippen LogP contribution in [0.2, 0.25) is 0 Å². The Morgan fingerprint density at radius 1 is 1.35 bits per heavy atom. The number of nitrogens with zero attached hydrogens (tertiary/aromatic N) is 2. The molecule has 86 valence electrons. The number of imidazole rings is 2. The standard InChI is InChI=1S/C12H13N5/c1-7-16-9-3-2-8(4-10(9)17-7)12-11(5-13)14-6-15-12/h2-4,6H,5,13H2,1H3,(H,14,15)(H,16,17). The Bertz CT molecular complexity index is 664. The summed E-state index contributed by atoms with van der Waals surface area (Å²) in [5.74, 6) is 0.915. The zero-order chi connectivity index (χ0) is 11.8. The molecule has 0 spiro atoms. The van der Waals surface area contributed by atoms with Gasteiger partial charge in [-0.05, 0) is 19.1 Å². The van der Waals surface area contributed by atoms with Gasteiger partial charge in [-0.25, -0.2) is 9.97 Å². The highest BCUT2D eigenvalue weighted by Gasteiger charge is 2.08. The molecule has 0 saturated heterocycles. The average molecular weight is 227 g/mol. The van der Waals surface area contributed by atoms with Gasteiger partial charge in [0.25, 0.3) is 0 Å². The van der Waals surface area contributed by atoms with Crippen molar-refractivity contribution in [3.05, 3.63) is 36.0 Å². The molecule has 3 rings (SSSR count). The van der Waals surface area contributed by atoms with Crippen LogP contribution in [-0.4, -0.2) is 19.9 Å². The number of aromatic nitrogens is 4. The van der Waals surface area contributed by atoms with E-state index in [0.717, 1.165) is 33.8 Å². The molecule has 0 amide bonds. The number of hydrogen-bond donors (Lipinski definition) is 3. The predicted molar refractivity (Wildman–Crippen MR) is 66.3 cm³/mol. The minimum atomic E-state index is 0.454. The van der Waals surface area contributed by atoms with Gasteiger partial charge in [0, 0.05) is 12.1 Å². The highest BCUT2D eigenvalue weighted by atomic mass is 14.9. The molecule has 2 aromatic heterocycles. The Morgan fingerprint density at radius 3 is 3.06 bits per heavy atom. The molecule has 0 saturated carbocycles. The maximum absolute atomic E-state index is 5.66. The molecule has 0 bridgehead atoms. The summed E-state index contributed by atoms with van der Waals surface area (Å²) < 4.78 is 0. The van der Waals surface area contributed by atoms with Crippen LogP contribution in [0.3, 0.4) is 0 Å². The van der Waals surface area contributed by atoms with Crippen molar-refractivity contribution in [3.8, 4) is 11.3 Å². The number of fused-ring (bicyclic) bond motifs is 1. The molecule has 0 aliphatic heterocycles. The van der Waals surface area contributed by atoms with E-state index < -0.39 is 0 Å². The number of aryl methyl sites for hydroxylation is 1. The molecule has 5 heteroatoms. The van der Waals surface area contributed by atoms with Crippen LogP contribution in [0.4, 0.5) is 0 Å². The first-order valence-electron chi connectivity index (χ1n) is 5.47. The topological polar surface area (TPSA) is 83.4 Å². The van der Waals surface area contributed by atoms with Crippen LogP contribution in [0.5, 0.6) is 0 Å². The fraction of sp³-hybridized carbons (Fsp3) is 0.167. The lowest BCUT2D eigenvalue weighted by Gasteiger charge is -2.00. The molecule has 0 atom stereocenters. The number of hydrogen-bond acceptors (Lipinski definition) is 3. The third kappa shape index (κ3) is 1.60. The van der Waals surface area contributed by atoms with Crippen LogP contribution in [0.25, 0.3) is 22.3 Å². The monoisotopic (exact) mass is 227 g/mol. The van der Waals surface area contributed by atoms with Crippen molar-refractivity contribution in [2.24, 2.45) is 5.73 Å². The number of rotatable bonds is 2. The van der Waals surface area contributed by atoms with Crippen molar-refractivity contribution < 1.29 is 0 Å². The van der Waals surface area contributed by atoms with Gasteiger partial charge in [0.15, 0.2) is 0 Å². The maximum Gasteiger partial charge on any atom is 0.104 e. The average Bonchev–Trinajstić information content (AvgIpc) is 2.91. The second kappa shape index (κ2) is 3.71. The summed E-state index contributed by atoms with van der Waals surface area (Å²) in [6.45, 7) is 2.40. The fourth-order valence-electron chi connectivity index (χ4n) is 2.01. The Balaban J connectivity index is 2.17. The van der Waals surface area contributed by atoms with Crippen LogP contribution >= 0.6 is 0 Å². The lowest BCUT2D eigenvalue weighted by molar-refractivity contribution is 1.01. The van der Waals surface area contributed by atoms with E-state index >= 15 is 0 Å². The molecule has 4 N–H and O–H groups in total. The Labute approximate surface area is 98.1 Å². The van der Waals surface area contributed by atoms with Crippen LogP contribution in [0, 0.1) is 6.92 Å². The molecule has 0 aliphatic carbocycles. The molecule has 0 aliphatic rings. The van der Waals surface area contributed by atoms with E-state index in [-0.39, 0.29) is 0 Å². The van der Waals surface area contributed by atoms with E-state index in [2.05, 4.69) is 19.9 Å². The van der Waals surface area contributed by atoms with Gasteiger partial charge in [0.1, 0.15) is 5.82 Å². The summed E-state index contributed by atoms with van der Waals surface area (Å²) in [4.78, 5) is 14.9. The van der Waals surface area contributed by atoms with Crippen LogP contribution in [0.1, 0.15) is 11.5 Å². The van der Waals surface area contributed by atoms with E-state index in [0.29, 0.717) is 6.54 Å². The summed E-state index contributed by atoms with van der Waals surface area (Å²) >= 11 is 0. The zero-order valence-electron chi connectivity index (χ0n) is 9.49. The summed E-state index contributed by atoms with van der Waals surface area (Å²) in [6.07, 6.45) is 1.67. The van der Waals surface area contributed by atoms with Crippen molar-refractivity contribution >= 4 is 11.0 Å². The second-order valence-corrected chi connectivity index (χ2v) is 3.99. The number of aromatic amines is 2. The number of H-pyrrole nitrogens is 2. The largest absolute Gasteiger partial charge is 0.347 e. The van der Waals surface area contributed by atoms with E-state index in [4.69, 9.17) is 5.73 Å². The molecule has 0 fully saturated rings. The first kappa shape index (κ1) is 10.0. The van der Waals surface area contributed by atoms with E-state index in [1.54, 1.807) is 6.33 Å². The number of benzene rings is 1. The normalized spacial score (nSPS) is 11.2. The quantitative estimate of drug-likeness (QED) is 0.623. The lowest BCUT2D eigenvalue weighted by atomic mass is 10.1. The molecule has 2 heterocycles. The van der Waals surface area contributed by atoms with Gasteiger partial charge in [-0.15, -0.1) is 0 Å². The molecule has 5 nitrogen and oxygen atoms in total. The third-order valence-corrected chi connectivity index (χ3v) is 2.80. The third-order valence-electron chi connectivity index (χ3n) is 2.80. The van der Waals surface area contributed by atoms with Gasteiger partial charge >= 0.3 is 0 Å². The molecular formula is C12H13N5. The Morgan fingerprint density at radius 2 is 2.24 bits per heavy atom. The zero-order valence-corrected chi connectivity index (χ0v) is 9.49. The van der Waals surface area contributed by atoms with Crippen molar-refractivity contribution in [1.82, 2.24) is 19.9 Å². The molecular weight excluding hydrogens is 214 g/mol. The first-order chi connectivity index (χ1) is 8.28. The van der Waals surface area contributed by atoms with E-state index in [1.165, 1.54) is 0 Å². The van der Waals surface area contributed by atoms with Gasteiger partial charge in [-0.1, -0.05) is 6.07 Å². The van der Waals surface area contributed by atoms with Crippen molar-refractivity contribution in [2.75, 3.05) is 0 Å².